The molecule has 18 heavy (non-hydrogen) atoms. The minimum Gasteiger partial charge on any atom is -0.380 e. The van der Waals surface area contributed by atoms with Crippen LogP contribution in [0, 0.1) is 0 Å². The van der Waals surface area contributed by atoms with Gasteiger partial charge < -0.3 is 15.0 Å². The third-order valence-corrected chi connectivity index (χ3v) is 3.74. The van der Waals surface area contributed by atoms with E-state index in [1.807, 2.05) is 7.11 Å². The van der Waals surface area contributed by atoms with Crippen molar-refractivity contribution in [2.75, 3.05) is 31.4 Å². The summed E-state index contributed by atoms with van der Waals surface area (Å²) in [5, 5.41) is 3.60. The van der Waals surface area contributed by atoms with E-state index >= 15 is 0 Å². The molecule has 1 N–H and O–H groups in total. The van der Waals surface area contributed by atoms with E-state index in [9.17, 15) is 0 Å². The molecule has 100 valence electrons. The Bertz CT molecular complexity index is 361. The van der Waals surface area contributed by atoms with Crippen LogP contribution in [0.15, 0.2) is 24.3 Å². The molecule has 3 heteroatoms. The van der Waals surface area contributed by atoms with Crippen LogP contribution in [-0.2, 0) is 4.74 Å². The molecule has 0 aliphatic heterocycles. The van der Waals surface area contributed by atoms with E-state index in [-0.39, 0.29) is 0 Å². The summed E-state index contributed by atoms with van der Waals surface area (Å²) in [6.45, 7) is 0. The topological polar surface area (TPSA) is 24.5 Å². The Hall–Kier alpha value is -1.22. The van der Waals surface area contributed by atoms with Gasteiger partial charge in [-0.05, 0) is 37.1 Å². The number of rotatable bonds is 4. The molecule has 1 fully saturated rings. The van der Waals surface area contributed by atoms with Crippen molar-refractivity contribution >= 4 is 11.4 Å². The van der Waals surface area contributed by atoms with Gasteiger partial charge in [-0.25, -0.2) is 0 Å². The summed E-state index contributed by atoms with van der Waals surface area (Å²) in [6.07, 6.45) is 5.31. The van der Waals surface area contributed by atoms with E-state index in [0.717, 1.165) is 0 Å². The summed E-state index contributed by atoms with van der Waals surface area (Å²) in [7, 11) is 5.94. The molecule has 0 saturated heterocycles. The van der Waals surface area contributed by atoms with Crippen molar-refractivity contribution in [3.63, 3.8) is 0 Å². The van der Waals surface area contributed by atoms with Gasteiger partial charge >= 0.3 is 0 Å². The predicted molar refractivity (Wildman–Crippen MR) is 77.4 cm³/mol. The number of hydrogen-bond donors (Lipinski definition) is 1. The maximum absolute atomic E-state index is 5.57. The van der Waals surface area contributed by atoms with Gasteiger partial charge in [0, 0.05) is 32.6 Å². The normalized spacial score (nSPS) is 23.7. The second-order valence-electron chi connectivity index (χ2n) is 5.25. The second kappa shape index (κ2) is 6.10. The summed E-state index contributed by atoms with van der Waals surface area (Å²) in [5.74, 6) is 0. The molecule has 1 aromatic rings. The van der Waals surface area contributed by atoms with Gasteiger partial charge in [0.2, 0.25) is 0 Å². The quantitative estimate of drug-likeness (QED) is 0.886. The molecular weight excluding hydrogens is 224 g/mol. The van der Waals surface area contributed by atoms with Crippen molar-refractivity contribution in [1.82, 2.24) is 0 Å². The van der Waals surface area contributed by atoms with Crippen LogP contribution in [0.25, 0.3) is 0 Å². The van der Waals surface area contributed by atoms with Gasteiger partial charge in [0.1, 0.15) is 0 Å². The number of ether oxygens (including phenoxy) is 1. The molecule has 0 heterocycles. The smallest absolute Gasteiger partial charge is 0.0772 e. The van der Waals surface area contributed by atoms with E-state index < -0.39 is 0 Å². The molecular formula is C15H24N2O. The first-order valence-corrected chi connectivity index (χ1v) is 6.77. The number of anilines is 2. The third kappa shape index (κ3) is 3.16. The maximum atomic E-state index is 5.57. The highest BCUT2D eigenvalue weighted by atomic mass is 16.5. The Morgan fingerprint density at radius 3 is 2.39 bits per heavy atom. The average molecular weight is 248 g/mol. The van der Waals surface area contributed by atoms with Gasteiger partial charge in [-0.2, -0.15) is 0 Å². The number of hydrogen-bond acceptors (Lipinski definition) is 3. The first-order valence-electron chi connectivity index (χ1n) is 6.77. The van der Waals surface area contributed by atoms with E-state index in [0.29, 0.717) is 12.1 Å². The molecule has 2 atom stereocenters. The first kappa shape index (κ1) is 13.2. The molecule has 1 saturated carbocycles. The van der Waals surface area contributed by atoms with E-state index in [1.54, 1.807) is 0 Å². The zero-order valence-corrected chi connectivity index (χ0v) is 11.6. The van der Waals surface area contributed by atoms with Crippen LogP contribution in [0.4, 0.5) is 11.4 Å². The molecule has 1 aliphatic rings. The van der Waals surface area contributed by atoms with E-state index in [4.69, 9.17) is 4.74 Å². The zero-order chi connectivity index (χ0) is 13.0. The van der Waals surface area contributed by atoms with Gasteiger partial charge in [-0.1, -0.05) is 12.8 Å². The molecule has 0 amide bonds. The summed E-state index contributed by atoms with van der Waals surface area (Å²) >= 11 is 0. The van der Waals surface area contributed by atoms with Crippen LogP contribution in [-0.4, -0.2) is 33.4 Å². The molecule has 1 aromatic carbocycles. The second-order valence-corrected chi connectivity index (χ2v) is 5.25. The molecule has 0 radical (unpaired) electrons. The van der Waals surface area contributed by atoms with Crippen molar-refractivity contribution in [1.29, 1.82) is 0 Å². The van der Waals surface area contributed by atoms with Gasteiger partial charge in [-0.3, -0.25) is 0 Å². The van der Waals surface area contributed by atoms with Gasteiger partial charge in [-0.15, -0.1) is 0 Å². The molecule has 2 unspecified atom stereocenters. The third-order valence-electron chi connectivity index (χ3n) is 3.74. The number of nitrogens with one attached hydrogen (secondary N) is 1. The Labute approximate surface area is 110 Å². The Balaban J connectivity index is 1.99. The van der Waals surface area contributed by atoms with Gasteiger partial charge in [0.05, 0.1) is 12.1 Å². The summed E-state index contributed by atoms with van der Waals surface area (Å²) in [4.78, 5) is 2.11. The lowest BCUT2D eigenvalue weighted by Crippen LogP contribution is -2.37. The Morgan fingerprint density at radius 1 is 1.11 bits per heavy atom. The molecule has 2 rings (SSSR count). The summed E-state index contributed by atoms with van der Waals surface area (Å²) in [5.41, 5.74) is 2.42. The lowest BCUT2D eigenvalue weighted by atomic mass is 9.92. The zero-order valence-electron chi connectivity index (χ0n) is 11.6. The van der Waals surface area contributed by atoms with Crippen LogP contribution in [0.5, 0.6) is 0 Å². The minimum atomic E-state index is 0.354. The lowest BCUT2D eigenvalue weighted by Gasteiger charge is -2.31. The molecule has 0 aromatic heterocycles. The van der Waals surface area contributed by atoms with Crippen molar-refractivity contribution in [2.45, 2.75) is 37.8 Å². The van der Waals surface area contributed by atoms with Crippen LogP contribution < -0.4 is 10.2 Å². The number of methoxy groups -OCH3 is 1. The van der Waals surface area contributed by atoms with Gasteiger partial charge in [0.25, 0.3) is 0 Å². The van der Waals surface area contributed by atoms with Crippen molar-refractivity contribution in [2.24, 2.45) is 0 Å². The number of nitrogens with zero attached hydrogens (tertiary/aromatic N) is 1. The maximum Gasteiger partial charge on any atom is 0.0772 e. The standard InChI is InChI=1S/C15H24N2O/c1-17(2)13-10-8-12(9-11-13)16-14-6-4-5-7-15(14)18-3/h8-11,14-16H,4-7H2,1-3H3. The lowest BCUT2D eigenvalue weighted by molar-refractivity contribution is 0.0606. The van der Waals surface area contributed by atoms with Crippen molar-refractivity contribution in [3.8, 4) is 0 Å². The fraction of sp³-hybridized carbons (Fsp3) is 0.600. The summed E-state index contributed by atoms with van der Waals surface area (Å²) in [6, 6.07) is 9.04. The SMILES string of the molecule is COC1CCCCC1Nc1ccc(N(C)C)cc1. The van der Waals surface area contributed by atoms with Gasteiger partial charge in [0.15, 0.2) is 0 Å². The van der Waals surface area contributed by atoms with Crippen LogP contribution in [0.2, 0.25) is 0 Å². The average Bonchev–Trinajstić information content (AvgIpc) is 2.40. The summed E-state index contributed by atoms with van der Waals surface area (Å²) < 4.78 is 5.57. The highest BCUT2D eigenvalue weighted by Crippen LogP contribution is 2.25. The molecule has 0 spiro atoms. The van der Waals surface area contributed by atoms with Crippen molar-refractivity contribution < 1.29 is 4.74 Å². The van der Waals surface area contributed by atoms with E-state index in [2.05, 4.69) is 48.6 Å². The first-order chi connectivity index (χ1) is 8.70. The molecule has 3 nitrogen and oxygen atoms in total. The monoisotopic (exact) mass is 248 g/mol. The Kier molecular flexibility index (Phi) is 4.48. The van der Waals surface area contributed by atoms with Crippen LogP contribution >= 0.6 is 0 Å². The number of benzene rings is 1. The highest BCUT2D eigenvalue weighted by Gasteiger charge is 2.24. The largest absolute Gasteiger partial charge is 0.380 e. The van der Waals surface area contributed by atoms with Crippen LogP contribution in [0.3, 0.4) is 0 Å². The molecule has 1 aliphatic carbocycles. The minimum absolute atomic E-state index is 0.354. The fourth-order valence-corrected chi connectivity index (χ4v) is 2.61. The Morgan fingerprint density at radius 2 is 1.78 bits per heavy atom. The van der Waals surface area contributed by atoms with Crippen molar-refractivity contribution in [3.05, 3.63) is 24.3 Å². The highest BCUT2D eigenvalue weighted by molar-refractivity contribution is 5.54. The molecule has 0 bridgehead atoms. The van der Waals surface area contributed by atoms with Crippen LogP contribution in [0.1, 0.15) is 25.7 Å². The van der Waals surface area contributed by atoms with E-state index in [1.165, 1.54) is 37.1 Å². The predicted octanol–water partition coefficient (Wildman–Crippen LogP) is 3.12. The fourth-order valence-electron chi connectivity index (χ4n) is 2.61.